The van der Waals surface area contributed by atoms with E-state index in [1.54, 1.807) is 4.90 Å². The average Bonchev–Trinajstić information content (AvgIpc) is 2.56. The van der Waals surface area contributed by atoms with Gasteiger partial charge in [0.2, 0.25) is 0 Å². The fourth-order valence-corrected chi connectivity index (χ4v) is 3.00. The van der Waals surface area contributed by atoms with Crippen LogP contribution in [0.3, 0.4) is 0 Å². The Kier molecular flexibility index (Phi) is 6.17. The first-order valence-electron chi connectivity index (χ1n) is 7.52. The molecule has 2 heterocycles. The summed E-state index contributed by atoms with van der Waals surface area (Å²) >= 11 is 17.6. The van der Waals surface area contributed by atoms with Crippen molar-refractivity contribution in [2.75, 3.05) is 18.8 Å². The maximum atomic E-state index is 12.4. The molecule has 1 aromatic heterocycles. The number of nitrogen functional groups attached to an aromatic ring is 1. The van der Waals surface area contributed by atoms with Crippen LogP contribution in [0.1, 0.15) is 37.2 Å². The lowest BCUT2D eigenvalue weighted by atomic mass is 9.99. The molecular formula is C15H18Cl3N3O3. The van der Waals surface area contributed by atoms with E-state index in [9.17, 15) is 9.59 Å². The Balaban J connectivity index is 2.08. The lowest BCUT2D eigenvalue weighted by molar-refractivity contribution is -0.141. The van der Waals surface area contributed by atoms with Crippen LogP contribution in [0.15, 0.2) is 0 Å². The summed E-state index contributed by atoms with van der Waals surface area (Å²) in [5.41, 5.74) is 5.34. The van der Waals surface area contributed by atoms with Gasteiger partial charge < -0.3 is 15.4 Å². The second-order valence-corrected chi connectivity index (χ2v) is 6.96. The van der Waals surface area contributed by atoms with E-state index in [-0.39, 0.29) is 32.5 Å². The van der Waals surface area contributed by atoms with Crippen molar-refractivity contribution >= 4 is 52.4 Å². The van der Waals surface area contributed by atoms with Crippen LogP contribution in [0.5, 0.6) is 0 Å². The number of piperidine rings is 1. The van der Waals surface area contributed by atoms with Gasteiger partial charge in [0, 0.05) is 13.1 Å². The molecule has 0 bridgehead atoms. The van der Waals surface area contributed by atoms with E-state index in [1.165, 1.54) is 6.92 Å². The summed E-state index contributed by atoms with van der Waals surface area (Å²) in [5.74, 6) is -0.537. The third kappa shape index (κ3) is 4.05. The summed E-state index contributed by atoms with van der Waals surface area (Å²) in [6, 6.07) is 0. The number of halogens is 3. The Morgan fingerprint density at radius 1 is 1.25 bits per heavy atom. The second kappa shape index (κ2) is 7.76. The van der Waals surface area contributed by atoms with Gasteiger partial charge >= 0.3 is 5.97 Å². The minimum absolute atomic E-state index is 0.0372. The molecule has 0 aliphatic carbocycles. The van der Waals surface area contributed by atoms with Gasteiger partial charge in [0.25, 0.3) is 5.91 Å². The van der Waals surface area contributed by atoms with Crippen molar-refractivity contribution < 1.29 is 14.3 Å². The minimum atomic E-state index is -0.959. The van der Waals surface area contributed by atoms with Crippen LogP contribution in [-0.2, 0) is 9.53 Å². The lowest BCUT2D eigenvalue weighted by Gasteiger charge is -2.31. The van der Waals surface area contributed by atoms with Crippen molar-refractivity contribution in [3.63, 3.8) is 0 Å². The molecule has 2 rings (SSSR count). The molecule has 1 saturated heterocycles. The molecule has 0 saturated carbocycles. The van der Waals surface area contributed by atoms with E-state index in [4.69, 9.17) is 45.3 Å². The van der Waals surface area contributed by atoms with Crippen LogP contribution >= 0.6 is 34.8 Å². The molecule has 6 nitrogen and oxygen atoms in total. The third-order valence-electron chi connectivity index (χ3n) is 3.99. The largest absolute Gasteiger partial charge is 0.448 e. The number of nitrogens with two attached hydrogens (primary N) is 1. The van der Waals surface area contributed by atoms with Gasteiger partial charge in [-0.05, 0) is 25.7 Å². The molecule has 1 aromatic rings. The van der Waals surface area contributed by atoms with Gasteiger partial charge in [0.15, 0.2) is 17.0 Å². The number of likely N-dealkylation sites (tertiary alicyclic amines) is 1. The maximum Gasteiger partial charge on any atom is 0.359 e. The second-order valence-electron chi connectivity index (χ2n) is 5.85. The average molecular weight is 395 g/mol. The van der Waals surface area contributed by atoms with Crippen molar-refractivity contribution in [3.05, 3.63) is 20.9 Å². The summed E-state index contributed by atoms with van der Waals surface area (Å²) in [6.45, 7) is 4.96. The molecule has 1 aliphatic rings. The number of esters is 1. The molecule has 1 unspecified atom stereocenters. The summed E-state index contributed by atoms with van der Waals surface area (Å²) in [5, 5.41) is -0.347. The van der Waals surface area contributed by atoms with E-state index >= 15 is 0 Å². The molecule has 1 atom stereocenters. The summed E-state index contributed by atoms with van der Waals surface area (Å²) < 4.78 is 5.17. The number of rotatable bonds is 3. The normalized spacial score (nSPS) is 16.8. The van der Waals surface area contributed by atoms with E-state index in [0.29, 0.717) is 19.0 Å². The molecule has 0 radical (unpaired) electrons. The highest BCUT2D eigenvalue weighted by molar-refractivity contribution is 6.46. The highest BCUT2D eigenvalue weighted by atomic mass is 35.5. The number of carbonyl (C=O) groups is 2. The fourth-order valence-electron chi connectivity index (χ4n) is 2.42. The number of anilines is 1. The molecular weight excluding hydrogens is 377 g/mol. The van der Waals surface area contributed by atoms with Gasteiger partial charge in [0.05, 0.1) is 10.7 Å². The number of nitrogens with zero attached hydrogens (tertiary/aromatic N) is 2. The van der Waals surface area contributed by atoms with E-state index in [2.05, 4.69) is 11.9 Å². The SMILES string of the molecule is CC1CCN(C(=O)C(C)OC(=O)c2nc(Cl)c(Cl)c(N)c2Cl)CC1. The monoisotopic (exact) mass is 393 g/mol. The van der Waals surface area contributed by atoms with Crippen LogP contribution in [0.25, 0.3) is 0 Å². The smallest absolute Gasteiger partial charge is 0.359 e. The van der Waals surface area contributed by atoms with Crippen LogP contribution in [0.2, 0.25) is 15.2 Å². The van der Waals surface area contributed by atoms with Gasteiger partial charge in [-0.15, -0.1) is 0 Å². The summed E-state index contributed by atoms with van der Waals surface area (Å²) in [6.07, 6.45) is 0.908. The van der Waals surface area contributed by atoms with Crippen molar-refractivity contribution in [2.45, 2.75) is 32.8 Å². The van der Waals surface area contributed by atoms with Gasteiger partial charge in [-0.1, -0.05) is 41.7 Å². The Hall–Kier alpha value is -1.24. The van der Waals surface area contributed by atoms with Crippen LogP contribution in [-0.4, -0.2) is 41.0 Å². The number of hydrogen-bond donors (Lipinski definition) is 1. The highest BCUT2D eigenvalue weighted by Crippen LogP contribution is 2.34. The van der Waals surface area contributed by atoms with Crippen molar-refractivity contribution in [1.29, 1.82) is 0 Å². The zero-order valence-electron chi connectivity index (χ0n) is 13.3. The molecule has 24 heavy (non-hydrogen) atoms. The molecule has 1 aliphatic heterocycles. The standard InChI is InChI=1S/C15H18Cl3N3O3/c1-7-3-5-21(6-4-7)14(22)8(2)24-15(23)12-9(16)11(19)10(17)13(18)20-12/h7-8H,3-6H2,1-2H3,(H2,19,20). The fraction of sp³-hybridized carbons (Fsp3) is 0.533. The first-order chi connectivity index (χ1) is 11.2. The van der Waals surface area contributed by atoms with Gasteiger partial charge in [-0.3, -0.25) is 4.79 Å². The number of aromatic nitrogens is 1. The molecule has 0 aromatic carbocycles. The van der Waals surface area contributed by atoms with Gasteiger partial charge in [-0.25, -0.2) is 9.78 Å². The number of hydrogen-bond acceptors (Lipinski definition) is 5. The topological polar surface area (TPSA) is 85.5 Å². The molecule has 1 amide bonds. The molecule has 2 N–H and O–H groups in total. The quantitative estimate of drug-likeness (QED) is 0.627. The van der Waals surface area contributed by atoms with Crippen molar-refractivity contribution in [3.8, 4) is 0 Å². The summed E-state index contributed by atoms with van der Waals surface area (Å²) in [7, 11) is 0. The Morgan fingerprint density at radius 2 is 1.83 bits per heavy atom. The zero-order chi connectivity index (χ0) is 18.0. The summed E-state index contributed by atoms with van der Waals surface area (Å²) in [4.78, 5) is 30.1. The first-order valence-corrected chi connectivity index (χ1v) is 8.65. The Bertz CT molecular complexity index is 661. The predicted molar refractivity (Wildman–Crippen MR) is 93.5 cm³/mol. The van der Waals surface area contributed by atoms with Gasteiger partial charge in [0.1, 0.15) is 5.02 Å². The van der Waals surface area contributed by atoms with Crippen LogP contribution in [0.4, 0.5) is 5.69 Å². The number of ether oxygens (including phenoxy) is 1. The Morgan fingerprint density at radius 3 is 2.42 bits per heavy atom. The van der Waals surface area contributed by atoms with Crippen molar-refractivity contribution in [2.24, 2.45) is 5.92 Å². The van der Waals surface area contributed by atoms with Gasteiger partial charge in [-0.2, -0.15) is 0 Å². The number of amides is 1. The minimum Gasteiger partial charge on any atom is -0.448 e. The molecule has 0 spiro atoms. The highest BCUT2D eigenvalue weighted by Gasteiger charge is 2.29. The molecule has 1 fully saturated rings. The van der Waals surface area contributed by atoms with E-state index in [0.717, 1.165) is 12.8 Å². The third-order valence-corrected chi connectivity index (χ3v) is 5.13. The van der Waals surface area contributed by atoms with E-state index < -0.39 is 12.1 Å². The zero-order valence-corrected chi connectivity index (χ0v) is 15.6. The van der Waals surface area contributed by atoms with Crippen LogP contribution in [0, 0.1) is 5.92 Å². The molecule has 9 heteroatoms. The molecule has 132 valence electrons. The van der Waals surface area contributed by atoms with Crippen LogP contribution < -0.4 is 5.73 Å². The number of carbonyl (C=O) groups excluding carboxylic acids is 2. The number of pyridine rings is 1. The lowest BCUT2D eigenvalue weighted by Crippen LogP contribution is -2.44. The van der Waals surface area contributed by atoms with Crippen molar-refractivity contribution in [1.82, 2.24) is 9.88 Å². The first kappa shape index (κ1) is 19.1. The predicted octanol–water partition coefficient (Wildman–Crippen LogP) is 3.43. The van der Waals surface area contributed by atoms with E-state index in [1.807, 2.05) is 0 Å². The Labute approximate surface area is 155 Å². The maximum absolute atomic E-state index is 12.4.